The molecule has 4 nitrogen and oxygen atoms in total. The van der Waals surface area contributed by atoms with E-state index in [1.165, 1.54) is 22.6 Å². The van der Waals surface area contributed by atoms with E-state index >= 15 is 0 Å². The molecular formula is C17H30IN3OS. The van der Waals surface area contributed by atoms with E-state index in [1.54, 1.807) is 0 Å². The van der Waals surface area contributed by atoms with Crippen molar-refractivity contribution in [1.29, 1.82) is 0 Å². The minimum Gasteiger partial charge on any atom is -0.378 e. The molecule has 2 unspecified atom stereocenters. The fraction of sp³-hybridized carbons (Fsp3) is 0.706. The molecule has 0 radical (unpaired) electrons. The Bertz CT molecular complexity index is 472. The third kappa shape index (κ3) is 7.85. The first-order chi connectivity index (χ1) is 10.7. The molecule has 2 N–H and O–H groups in total. The highest BCUT2D eigenvalue weighted by Gasteiger charge is 2.14. The molecule has 23 heavy (non-hydrogen) atoms. The average Bonchev–Trinajstić information content (AvgIpc) is 3.11. The van der Waals surface area contributed by atoms with Gasteiger partial charge in [-0.1, -0.05) is 0 Å². The number of nitrogens with zero attached hydrogens (tertiary/aromatic N) is 1. The lowest BCUT2D eigenvalue weighted by atomic mass is 10.2. The van der Waals surface area contributed by atoms with Crippen LogP contribution in [0, 0.1) is 6.92 Å². The van der Waals surface area contributed by atoms with Gasteiger partial charge in [0.05, 0.1) is 6.10 Å². The average molecular weight is 451 g/mol. The topological polar surface area (TPSA) is 45.7 Å². The van der Waals surface area contributed by atoms with Crippen LogP contribution in [0.5, 0.6) is 0 Å². The lowest BCUT2D eigenvalue weighted by molar-refractivity contribution is 0.106. The lowest BCUT2D eigenvalue weighted by Crippen LogP contribution is -2.43. The number of rotatable bonds is 7. The number of guanidine groups is 1. The molecule has 1 aliphatic rings. The second-order valence-electron chi connectivity index (χ2n) is 5.95. The van der Waals surface area contributed by atoms with E-state index in [-0.39, 0.29) is 24.0 Å². The van der Waals surface area contributed by atoms with E-state index in [1.807, 2.05) is 11.3 Å². The molecule has 0 saturated carbocycles. The van der Waals surface area contributed by atoms with Crippen molar-refractivity contribution >= 4 is 41.3 Å². The minimum absolute atomic E-state index is 0. The van der Waals surface area contributed by atoms with Crippen molar-refractivity contribution in [2.45, 2.75) is 58.6 Å². The van der Waals surface area contributed by atoms with Gasteiger partial charge in [-0.25, -0.2) is 0 Å². The molecule has 2 atom stereocenters. The van der Waals surface area contributed by atoms with Crippen molar-refractivity contribution in [2.24, 2.45) is 4.99 Å². The molecule has 1 saturated heterocycles. The summed E-state index contributed by atoms with van der Waals surface area (Å²) in [6, 6.07) is 4.78. The van der Waals surface area contributed by atoms with Crippen molar-refractivity contribution in [3.05, 3.63) is 21.9 Å². The second-order valence-corrected chi connectivity index (χ2v) is 7.32. The highest BCUT2D eigenvalue weighted by molar-refractivity contribution is 14.0. The van der Waals surface area contributed by atoms with Crippen LogP contribution in [0.4, 0.5) is 0 Å². The van der Waals surface area contributed by atoms with Gasteiger partial charge in [-0.3, -0.25) is 4.99 Å². The summed E-state index contributed by atoms with van der Waals surface area (Å²) in [5, 5.41) is 6.84. The van der Waals surface area contributed by atoms with Gasteiger partial charge in [0.2, 0.25) is 0 Å². The van der Waals surface area contributed by atoms with Crippen molar-refractivity contribution in [2.75, 3.05) is 19.7 Å². The third-order valence-corrected chi connectivity index (χ3v) is 4.80. The summed E-state index contributed by atoms with van der Waals surface area (Å²) in [5.41, 5.74) is 0. The molecule has 0 aromatic carbocycles. The van der Waals surface area contributed by atoms with Gasteiger partial charge in [0.1, 0.15) is 0 Å². The van der Waals surface area contributed by atoms with Crippen LogP contribution in [0.2, 0.25) is 0 Å². The molecule has 1 aromatic heterocycles. The zero-order valence-corrected chi connectivity index (χ0v) is 17.6. The molecule has 1 aromatic rings. The molecule has 1 fully saturated rings. The van der Waals surface area contributed by atoms with Crippen molar-refractivity contribution in [3.8, 4) is 0 Å². The summed E-state index contributed by atoms with van der Waals surface area (Å²) < 4.78 is 5.65. The van der Waals surface area contributed by atoms with Crippen LogP contribution in [0.1, 0.15) is 42.9 Å². The normalized spacial score (nSPS) is 19.3. The van der Waals surface area contributed by atoms with E-state index in [0.717, 1.165) is 38.5 Å². The zero-order chi connectivity index (χ0) is 15.8. The second kappa shape index (κ2) is 11.3. The van der Waals surface area contributed by atoms with Crippen LogP contribution in [0.3, 0.4) is 0 Å². The summed E-state index contributed by atoms with van der Waals surface area (Å²) >= 11 is 1.87. The Kier molecular flexibility index (Phi) is 10.1. The van der Waals surface area contributed by atoms with Gasteiger partial charge in [0.25, 0.3) is 0 Å². The van der Waals surface area contributed by atoms with E-state index in [0.29, 0.717) is 12.1 Å². The summed E-state index contributed by atoms with van der Waals surface area (Å²) in [5.74, 6) is 0.918. The fourth-order valence-electron chi connectivity index (χ4n) is 2.69. The molecule has 0 bridgehead atoms. The molecule has 1 aliphatic heterocycles. The predicted octanol–water partition coefficient (Wildman–Crippen LogP) is 3.73. The van der Waals surface area contributed by atoms with Crippen LogP contribution >= 0.6 is 35.3 Å². The molecular weight excluding hydrogens is 421 g/mol. The first kappa shape index (κ1) is 20.7. The van der Waals surface area contributed by atoms with Crippen LogP contribution in [-0.2, 0) is 11.2 Å². The predicted molar refractivity (Wildman–Crippen MR) is 110 cm³/mol. The molecule has 0 amide bonds. The Labute approximate surface area is 161 Å². The molecule has 132 valence electrons. The van der Waals surface area contributed by atoms with E-state index in [4.69, 9.17) is 4.74 Å². The highest BCUT2D eigenvalue weighted by Crippen LogP contribution is 2.17. The Balaban J connectivity index is 0.00000264. The van der Waals surface area contributed by atoms with Gasteiger partial charge in [-0.2, -0.15) is 0 Å². The highest BCUT2D eigenvalue weighted by atomic mass is 127. The SMILES string of the molecule is CCNC(=NCCC1CCCO1)NC(C)Cc1ccc(C)s1.I. The Morgan fingerprint density at radius 2 is 2.30 bits per heavy atom. The van der Waals surface area contributed by atoms with Crippen LogP contribution in [0.25, 0.3) is 0 Å². The molecule has 0 aliphatic carbocycles. The smallest absolute Gasteiger partial charge is 0.191 e. The molecule has 2 rings (SSSR count). The number of aliphatic imine (C=N–C) groups is 1. The van der Waals surface area contributed by atoms with E-state index in [2.05, 4.69) is 48.5 Å². The fourth-order valence-corrected chi connectivity index (χ4v) is 3.71. The number of hydrogen-bond acceptors (Lipinski definition) is 3. The van der Waals surface area contributed by atoms with Crippen LogP contribution in [0.15, 0.2) is 17.1 Å². The number of halogens is 1. The number of nitrogens with one attached hydrogen (secondary N) is 2. The van der Waals surface area contributed by atoms with E-state index in [9.17, 15) is 0 Å². The monoisotopic (exact) mass is 451 g/mol. The summed E-state index contributed by atoms with van der Waals surface area (Å²) in [7, 11) is 0. The van der Waals surface area contributed by atoms with Crippen LogP contribution in [-0.4, -0.2) is 37.8 Å². The van der Waals surface area contributed by atoms with Gasteiger partial charge >= 0.3 is 0 Å². The summed E-state index contributed by atoms with van der Waals surface area (Å²) in [6.45, 7) is 9.10. The largest absolute Gasteiger partial charge is 0.378 e. The third-order valence-electron chi connectivity index (χ3n) is 3.78. The Hall–Kier alpha value is -0.340. The van der Waals surface area contributed by atoms with Gasteiger partial charge in [0, 0.05) is 41.9 Å². The molecule has 0 spiro atoms. The van der Waals surface area contributed by atoms with Crippen LogP contribution < -0.4 is 10.6 Å². The zero-order valence-electron chi connectivity index (χ0n) is 14.4. The van der Waals surface area contributed by atoms with Gasteiger partial charge in [0.15, 0.2) is 5.96 Å². The molecule has 2 heterocycles. The van der Waals surface area contributed by atoms with Gasteiger partial charge < -0.3 is 15.4 Å². The maximum atomic E-state index is 5.65. The lowest BCUT2D eigenvalue weighted by Gasteiger charge is -2.17. The van der Waals surface area contributed by atoms with Gasteiger partial charge in [-0.15, -0.1) is 35.3 Å². The number of hydrogen-bond donors (Lipinski definition) is 2. The number of aryl methyl sites for hydroxylation is 1. The van der Waals surface area contributed by atoms with Crippen molar-refractivity contribution in [3.63, 3.8) is 0 Å². The van der Waals surface area contributed by atoms with Gasteiger partial charge in [-0.05, 0) is 52.2 Å². The maximum Gasteiger partial charge on any atom is 0.191 e. The van der Waals surface area contributed by atoms with Crippen molar-refractivity contribution < 1.29 is 4.74 Å². The standard InChI is InChI=1S/C17H29N3OS.HI/c1-4-18-17(19-10-9-15-6-5-11-21-15)20-13(2)12-16-8-7-14(3)22-16;/h7-8,13,15H,4-6,9-12H2,1-3H3,(H2,18,19,20);1H. The Morgan fingerprint density at radius 1 is 1.48 bits per heavy atom. The maximum absolute atomic E-state index is 5.65. The summed E-state index contributed by atoms with van der Waals surface area (Å²) in [6.07, 6.45) is 4.86. The van der Waals surface area contributed by atoms with Crippen molar-refractivity contribution in [1.82, 2.24) is 10.6 Å². The minimum atomic E-state index is 0. The number of thiophene rings is 1. The first-order valence-electron chi connectivity index (χ1n) is 8.39. The Morgan fingerprint density at radius 3 is 2.91 bits per heavy atom. The summed E-state index contributed by atoms with van der Waals surface area (Å²) in [4.78, 5) is 7.48. The van der Waals surface area contributed by atoms with E-state index < -0.39 is 0 Å². The first-order valence-corrected chi connectivity index (χ1v) is 9.20. The number of ether oxygens (including phenoxy) is 1. The molecule has 6 heteroatoms. The quantitative estimate of drug-likeness (QED) is 0.377.